The lowest BCUT2D eigenvalue weighted by atomic mass is 10.3. The van der Waals surface area contributed by atoms with Crippen LogP contribution in [-0.4, -0.2) is 25.2 Å². The second-order valence-corrected chi connectivity index (χ2v) is 4.42. The van der Waals surface area contributed by atoms with Gasteiger partial charge in [0.15, 0.2) is 5.96 Å². The van der Waals surface area contributed by atoms with Crippen LogP contribution in [-0.2, 0) is 0 Å². The Labute approximate surface area is 113 Å². The van der Waals surface area contributed by atoms with Gasteiger partial charge in [-0.15, -0.1) is 0 Å². The van der Waals surface area contributed by atoms with Crippen LogP contribution in [0, 0.1) is 0 Å². The topological polar surface area (TPSA) is 59.6 Å². The predicted octanol–water partition coefficient (Wildman–Crippen LogP) is 2.42. The van der Waals surface area contributed by atoms with E-state index in [4.69, 9.17) is 22.1 Å². The summed E-state index contributed by atoms with van der Waals surface area (Å²) in [6.07, 6.45) is 0.939. The number of ether oxygens (including phenoxy) is 1. The van der Waals surface area contributed by atoms with E-state index in [0.29, 0.717) is 23.3 Å². The molecule has 1 rings (SSSR count). The summed E-state index contributed by atoms with van der Waals surface area (Å²) in [5, 5.41) is 3.61. The van der Waals surface area contributed by atoms with Crippen molar-refractivity contribution in [2.24, 2.45) is 10.7 Å². The van der Waals surface area contributed by atoms with Crippen LogP contribution in [0.15, 0.2) is 29.3 Å². The lowest BCUT2D eigenvalue weighted by Crippen LogP contribution is -2.33. The molecule has 0 aromatic heterocycles. The maximum Gasteiger partial charge on any atom is 0.188 e. The van der Waals surface area contributed by atoms with Gasteiger partial charge in [-0.2, -0.15) is 0 Å². The Balaban J connectivity index is 2.42. The number of halogens is 1. The van der Waals surface area contributed by atoms with E-state index in [2.05, 4.69) is 17.2 Å². The Bertz CT molecular complexity index is 396. The van der Waals surface area contributed by atoms with Crippen molar-refractivity contribution in [2.75, 3.05) is 13.1 Å². The van der Waals surface area contributed by atoms with Gasteiger partial charge in [-0.1, -0.05) is 30.7 Å². The highest BCUT2D eigenvalue weighted by Crippen LogP contribution is 2.24. The van der Waals surface area contributed by atoms with Crippen molar-refractivity contribution in [1.29, 1.82) is 0 Å². The molecule has 0 aliphatic rings. The van der Waals surface area contributed by atoms with Crippen molar-refractivity contribution in [1.82, 2.24) is 5.32 Å². The summed E-state index contributed by atoms with van der Waals surface area (Å²) < 4.78 is 5.68. The van der Waals surface area contributed by atoms with Gasteiger partial charge in [-0.25, -0.2) is 4.99 Å². The largest absolute Gasteiger partial charge is 0.487 e. The summed E-state index contributed by atoms with van der Waals surface area (Å²) in [7, 11) is 0. The molecule has 1 aromatic carbocycles. The minimum Gasteiger partial charge on any atom is -0.487 e. The molecular weight excluding hydrogens is 250 g/mol. The number of nitrogens with one attached hydrogen (secondary N) is 1. The molecule has 1 unspecified atom stereocenters. The van der Waals surface area contributed by atoms with E-state index in [1.54, 1.807) is 6.07 Å². The highest BCUT2D eigenvalue weighted by molar-refractivity contribution is 6.32. The number of nitrogens with zero attached hydrogens (tertiary/aromatic N) is 1. The summed E-state index contributed by atoms with van der Waals surface area (Å²) in [6.45, 7) is 5.33. The molecule has 0 aliphatic carbocycles. The van der Waals surface area contributed by atoms with Gasteiger partial charge >= 0.3 is 0 Å². The van der Waals surface area contributed by atoms with Gasteiger partial charge in [0.05, 0.1) is 11.6 Å². The van der Waals surface area contributed by atoms with E-state index in [1.807, 2.05) is 25.1 Å². The Morgan fingerprint density at radius 1 is 1.50 bits per heavy atom. The van der Waals surface area contributed by atoms with E-state index in [-0.39, 0.29) is 6.10 Å². The number of guanidine groups is 1. The Morgan fingerprint density at radius 3 is 2.89 bits per heavy atom. The van der Waals surface area contributed by atoms with Crippen LogP contribution >= 0.6 is 11.6 Å². The van der Waals surface area contributed by atoms with Crippen molar-refractivity contribution < 1.29 is 4.74 Å². The second-order valence-electron chi connectivity index (χ2n) is 4.01. The van der Waals surface area contributed by atoms with E-state index < -0.39 is 0 Å². The smallest absolute Gasteiger partial charge is 0.188 e. The third kappa shape index (κ3) is 5.27. The van der Waals surface area contributed by atoms with Gasteiger partial charge in [0.2, 0.25) is 0 Å². The van der Waals surface area contributed by atoms with Gasteiger partial charge in [0.25, 0.3) is 0 Å². The number of hydrogen-bond acceptors (Lipinski definition) is 2. The number of aliphatic imine (C=N–C) groups is 1. The fourth-order valence-electron chi connectivity index (χ4n) is 1.33. The molecule has 0 saturated carbocycles. The van der Waals surface area contributed by atoms with Gasteiger partial charge in [-0.05, 0) is 25.5 Å². The first-order valence-corrected chi connectivity index (χ1v) is 6.46. The summed E-state index contributed by atoms with van der Waals surface area (Å²) in [5.41, 5.74) is 5.69. The third-order valence-corrected chi connectivity index (χ3v) is 2.55. The van der Waals surface area contributed by atoms with Crippen LogP contribution in [0.3, 0.4) is 0 Å². The molecule has 0 radical (unpaired) electrons. The summed E-state index contributed by atoms with van der Waals surface area (Å²) in [4.78, 5) is 4.20. The molecule has 0 heterocycles. The molecule has 3 N–H and O–H groups in total. The first-order valence-electron chi connectivity index (χ1n) is 6.08. The van der Waals surface area contributed by atoms with Crippen molar-refractivity contribution >= 4 is 17.6 Å². The first-order chi connectivity index (χ1) is 8.63. The molecule has 100 valence electrons. The molecule has 1 atom stereocenters. The Hall–Kier alpha value is -1.42. The highest BCUT2D eigenvalue weighted by atomic mass is 35.5. The zero-order valence-corrected chi connectivity index (χ0v) is 11.6. The van der Waals surface area contributed by atoms with Gasteiger partial charge in [-0.3, -0.25) is 0 Å². The standard InChI is InChI=1S/C13H20ClN3O/c1-3-8-16-13(15)17-9-10(2)18-12-7-5-4-6-11(12)14/h4-7,10H,3,8-9H2,1-2H3,(H3,15,16,17). The summed E-state index contributed by atoms with van der Waals surface area (Å²) >= 11 is 6.00. The zero-order chi connectivity index (χ0) is 13.4. The fraction of sp³-hybridized carbons (Fsp3) is 0.462. The average molecular weight is 270 g/mol. The normalized spacial score (nSPS) is 13.2. The number of benzene rings is 1. The summed E-state index contributed by atoms with van der Waals surface area (Å²) in [6, 6.07) is 7.38. The predicted molar refractivity (Wildman–Crippen MR) is 76.3 cm³/mol. The van der Waals surface area contributed by atoms with Gasteiger partial charge in [0, 0.05) is 6.54 Å². The molecule has 0 saturated heterocycles. The highest BCUT2D eigenvalue weighted by Gasteiger charge is 2.06. The van der Waals surface area contributed by atoms with Gasteiger partial charge < -0.3 is 15.8 Å². The van der Waals surface area contributed by atoms with Crippen molar-refractivity contribution in [3.63, 3.8) is 0 Å². The number of rotatable bonds is 6. The van der Waals surface area contributed by atoms with E-state index >= 15 is 0 Å². The molecule has 0 spiro atoms. The Kier molecular flexibility index (Phi) is 6.36. The fourth-order valence-corrected chi connectivity index (χ4v) is 1.51. The monoisotopic (exact) mass is 269 g/mol. The lowest BCUT2D eigenvalue weighted by molar-refractivity contribution is 0.230. The number of nitrogens with two attached hydrogens (primary N) is 1. The second kappa shape index (κ2) is 7.82. The minimum atomic E-state index is -0.0770. The molecule has 4 nitrogen and oxygen atoms in total. The molecule has 0 amide bonds. The van der Waals surface area contributed by atoms with Crippen LogP contribution in [0.5, 0.6) is 5.75 Å². The Morgan fingerprint density at radius 2 is 2.22 bits per heavy atom. The van der Waals surface area contributed by atoms with E-state index in [0.717, 1.165) is 13.0 Å². The van der Waals surface area contributed by atoms with E-state index in [9.17, 15) is 0 Å². The molecule has 18 heavy (non-hydrogen) atoms. The maximum atomic E-state index is 6.00. The molecule has 5 heteroatoms. The molecule has 0 aliphatic heterocycles. The maximum absolute atomic E-state index is 6.00. The SMILES string of the molecule is CCCNC(N)=NCC(C)Oc1ccccc1Cl. The van der Waals surface area contributed by atoms with Crippen molar-refractivity contribution in [3.8, 4) is 5.75 Å². The molecule has 1 aromatic rings. The van der Waals surface area contributed by atoms with Crippen LogP contribution in [0.1, 0.15) is 20.3 Å². The van der Waals surface area contributed by atoms with E-state index in [1.165, 1.54) is 0 Å². The third-order valence-electron chi connectivity index (χ3n) is 2.24. The van der Waals surface area contributed by atoms with Crippen molar-refractivity contribution in [3.05, 3.63) is 29.3 Å². The van der Waals surface area contributed by atoms with Crippen LogP contribution in [0.4, 0.5) is 0 Å². The molecular formula is C13H20ClN3O. The minimum absolute atomic E-state index is 0.0770. The molecule has 0 bridgehead atoms. The summed E-state index contributed by atoms with van der Waals surface area (Å²) in [5.74, 6) is 1.12. The van der Waals surface area contributed by atoms with Crippen LogP contribution in [0.2, 0.25) is 5.02 Å². The zero-order valence-electron chi connectivity index (χ0n) is 10.8. The van der Waals surface area contributed by atoms with Crippen LogP contribution < -0.4 is 15.8 Å². The first kappa shape index (κ1) is 14.6. The van der Waals surface area contributed by atoms with Gasteiger partial charge in [0.1, 0.15) is 11.9 Å². The van der Waals surface area contributed by atoms with Crippen LogP contribution in [0.25, 0.3) is 0 Å². The number of hydrogen-bond donors (Lipinski definition) is 2. The van der Waals surface area contributed by atoms with Crippen molar-refractivity contribution in [2.45, 2.75) is 26.4 Å². The average Bonchev–Trinajstić information content (AvgIpc) is 2.36. The lowest BCUT2D eigenvalue weighted by Gasteiger charge is -2.14. The quantitative estimate of drug-likeness (QED) is 0.616. The molecule has 0 fully saturated rings. The number of para-hydroxylation sites is 1.